The normalized spacial score (nSPS) is 17.5. The van der Waals surface area contributed by atoms with Crippen molar-refractivity contribution in [2.24, 2.45) is 5.92 Å². The Morgan fingerprint density at radius 2 is 2.11 bits per heavy atom. The van der Waals surface area contributed by atoms with Gasteiger partial charge in [0.2, 0.25) is 0 Å². The maximum atomic E-state index is 12.0. The molecule has 144 valence electrons. The van der Waals surface area contributed by atoms with Crippen molar-refractivity contribution in [2.75, 3.05) is 19.4 Å². The Balaban J connectivity index is 1.65. The molecule has 0 saturated carbocycles. The minimum atomic E-state index is -0.517. The fourth-order valence-electron chi connectivity index (χ4n) is 3.86. The number of hydrogen-bond acceptors (Lipinski definition) is 4. The van der Waals surface area contributed by atoms with Crippen molar-refractivity contribution >= 4 is 11.6 Å². The topological polar surface area (TPSA) is 84.6 Å². The second kappa shape index (κ2) is 8.91. The van der Waals surface area contributed by atoms with Crippen LogP contribution in [0.15, 0.2) is 42.5 Å². The summed E-state index contributed by atoms with van der Waals surface area (Å²) >= 11 is 0. The molecule has 3 rings (SSSR count). The number of ether oxygens (including phenoxy) is 1. The number of nitrogen functional groups attached to an aromatic ring is 1. The van der Waals surface area contributed by atoms with Crippen molar-refractivity contribution in [3.63, 3.8) is 0 Å². The van der Waals surface area contributed by atoms with E-state index in [2.05, 4.69) is 5.32 Å². The molecule has 2 aromatic rings. The SMILES string of the molecule is CNC(=O)c1cc(N)c2c(c1)CC(C[C@H](O)COc1ccccc1)CCC2. The summed E-state index contributed by atoms with van der Waals surface area (Å²) in [7, 11) is 1.62. The monoisotopic (exact) mass is 368 g/mol. The summed E-state index contributed by atoms with van der Waals surface area (Å²) in [5.74, 6) is 0.993. The molecule has 5 heteroatoms. The third-order valence-corrected chi connectivity index (χ3v) is 5.20. The van der Waals surface area contributed by atoms with Crippen molar-refractivity contribution in [1.82, 2.24) is 5.32 Å². The molecule has 0 bridgehead atoms. The number of hydrogen-bond donors (Lipinski definition) is 3. The first-order valence-electron chi connectivity index (χ1n) is 9.56. The van der Waals surface area contributed by atoms with Crippen LogP contribution in [0.4, 0.5) is 5.69 Å². The van der Waals surface area contributed by atoms with Gasteiger partial charge in [0.1, 0.15) is 12.4 Å². The van der Waals surface area contributed by atoms with E-state index in [0.29, 0.717) is 23.6 Å². The highest BCUT2D eigenvalue weighted by Gasteiger charge is 2.22. The Hall–Kier alpha value is -2.53. The van der Waals surface area contributed by atoms with Crippen LogP contribution in [0.2, 0.25) is 0 Å². The van der Waals surface area contributed by atoms with Gasteiger partial charge in [0.05, 0.1) is 6.10 Å². The molecule has 1 aliphatic rings. The summed E-state index contributed by atoms with van der Waals surface area (Å²) in [6.07, 6.45) is 3.97. The number of para-hydroxylation sites is 1. The molecule has 0 saturated heterocycles. The zero-order valence-corrected chi connectivity index (χ0v) is 15.8. The standard InChI is InChI=1S/C22H28N2O3/c1-24-22(26)17-12-16-10-15(6-5-9-20(16)21(23)13-17)11-18(25)14-27-19-7-3-2-4-8-19/h2-4,7-8,12-13,15,18,25H,5-6,9-11,14,23H2,1H3,(H,24,26)/t15?,18-/m0/s1. The molecule has 0 radical (unpaired) electrons. The zero-order valence-electron chi connectivity index (χ0n) is 15.8. The molecule has 0 heterocycles. The molecule has 2 atom stereocenters. The maximum Gasteiger partial charge on any atom is 0.251 e. The lowest BCUT2D eigenvalue weighted by Crippen LogP contribution is -2.22. The van der Waals surface area contributed by atoms with Gasteiger partial charge in [0, 0.05) is 18.3 Å². The zero-order chi connectivity index (χ0) is 19.2. The van der Waals surface area contributed by atoms with Gasteiger partial charge in [-0.2, -0.15) is 0 Å². The molecule has 1 aliphatic carbocycles. The third kappa shape index (κ3) is 5.01. The van der Waals surface area contributed by atoms with Crippen LogP contribution in [0.5, 0.6) is 5.75 Å². The number of anilines is 1. The number of rotatable bonds is 6. The number of nitrogens with one attached hydrogen (secondary N) is 1. The van der Waals surface area contributed by atoms with Crippen LogP contribution in [0.1, 0.15) is 40.7 Å². The van der Waals surface area contributed by atoms with Gasteiger partial charge in [-0.05, 0) is 73.4 Å². The molecular formula is C22H28N2O3. The number of fused-ring (bicyclic) bond motifs is 1. The summed E-state index contributed by atoms with van der Waals surface area (Å²) in [5.41, 5.74) is 9.79. The van der Waals surface area contributed by atoms with Crippen molar-refractivity contribution < 1.29 is 14.6 Å². The summed E-state index contributed by atoms with van der Waals surface area (Å²) in [4.78, 5) is 12.0. The molecule has 0 aliphatic heterocycles. The van der Waals surface area contributed by atoms with E-state index >= 15 is 0 Å². The number of carbonyl (C=O) groups is 1. The molecular weight excluding hydrogens is 340 g/mol. The number of aliphatic hydroxyl groups excluding tert-OH is 1. The fraction of sp³-hybridized carbons (Fsp3) is 0.409. The summed E-state index contributed by atoms with van der Waals surface area (Å²) < 4.78 is 5.67. The highest BCUT2D eigenvalue weighted by Crippen LogP contribution is 2.31. The number of nitrogens with two attached hydrogens (primary N) is 1. The first-order chi connectivity index (χ1) is 13.1. The van der Waals surface area contributed by atoms with E-state index in [1.165, 1.54) is 0 Å². The molecule has 1 amide bonds. The molecule has 0 spiro atoms. The van der Waals surface area contributed by atoms with E-state index in [1.54, 1.807) is 13.1 Å². The predicted molar refractivity (Wildman–Crippen MR) is 107 cm³/mol. The van der Waals surface area contributed by atoms with Crippen molar-refractivity contribution in [1.29, 1.82) is 0 Å². The fourth-order valence-corrected chi connectivity index (χ4v) is 3.86. The Morgan fingerprint density at radius 3 is 2.85 bits per heavy atom. The maximum absolute atomic E-state index is 12.0. The Kier molecular flexibility index (Phi) is 6.35. The van der Waals surface area contributed by atoms with Gasteiger partial charge in [-0.25, -0.2) is 0 Å². The van der Waals surface area contributed by atoms with Gasteiger partial charge in [-0.1, -0.05) is 18.2 Å². The van der Waals surface area contributed by atoms with E-state index in [1.807, 2.05) is 36.4 Å². The lowest BCUT2D eigenvalue weighted by molar-refractivity contribution is 0.0833. The van der Waals surface area contributed by atoms with Crippen LogP contribution in [0, 0.1) is 5.92 Å². The Bertz CT molecular complexity index is 777. The van der Waals surface area contributed by atoms with E-state index in [-0.39, 0.29) is 12.5 Å². The quantitative estimate of drug-likeness (QED) is 0.541. The minimum absolute atomic E-state index is 0.124. The van der Waals surface area contributed by atoms with E-state index < -0.39 is 6.10 Å². The largest absolute Gasteiger partial charge is 0.491 e. The summed E-state index contributed by atoms with van der Waals surface area (Å²) in [6, 6.07) is 13.3. The van der Waals surface area contributed by atoms with Crippen molar-refractivity contribution in [3.8, 4) is 5.75 Å². The molecule has 27 heavy (non-hydrogen) atoms. The lowest BCUT2D eigenvalue weighted by Gasteiger charge is -2.20. The molecule has 1 unspecified atom stereocenters. The highest BCUT2D eigenvalue weighted by atomic mass is 16.5. The molecule has 2 aromatic carbocycles. The first-order valence-corrected chi connectivity index (χ1v) is 9.56. The van der Waals surface area contributed by atoms with Crippen LogP contribution in [-0.2, 0) is 12.8 Å². The van der Waals surface area contributed by atoms with Crippen LogP contribution in [-0.4, -0.2) is 30.8 Å². The second-order valence-electron chi connectivity index (χ2n) is 7.26. The highest BCUT2D eigenvalue weighted by molar-refractivity contribution is 5.95. The van der Waals surface area contributed by atoms with Gasteiger partial charge >= 0.3 is 0 Å². The van der Waals surface area contributed by atoms with Gasteiger partial charge in [-0.3, -0.25) is 4.79 Å². The number of carbonyl (C=O) groups excluding carboxylic acids is 1. The van der Waals surface area contributed by atoms with Crippen LogP contribution < -0.4 is 15.8 Å². The van der Waals surface area contributed by atoms with Gasteiger partial charge in [-0.15, -0.1) is 0 Å². The Morgan fingerprint density at radius 1 is 1.33 bits per heavy atom. The number of aliphatic hydroxyl groups is 1. The van der Waals surface area contributed by atoms with E-state index in [9.17, 15) is 9.90 Å². The molecule has 0 fully saturated rings. The second-order valence-corrected chi connectivity index (χ2v) is 7.26. The van der Waals surface area contributed by atoms with Crippen LogP contribution >= 0.6 is 0 Å². The van der Waals surface area contributed by atoms with Crippen LogP contribution in [0.25, 0.3) is 0 Å². The predicted octanol–water partition coefficient (Wildman–Crippen LogP) is 2.95. The number of benzene rings is 2. The van der Waals surface area contributed by atoms with Gasteiger partial charge in [0.25, 0.3) is 5.91 Å². The van der Waals surface area contributed by atoms with Gasteiger partial charge < -0.3 is 20.9 Å². The molecule has 0 aromatic heterocycles. The van der Waals surface area contributed by atoms with Crippen molar-refractivity contribution in [3.05, 3.63) is 59.2 Å². The van der Waals surface area contributed by atoms with E-state index in [4.69, 9.17) is 10.5 Å². The Labute approximate surface area is 160 Å². The average molecular weight is 368 g/mol. The minimum Gasteiger partial charge on any atom is -0.491 e. The smallest absolute Gasteiger partial charge is 0.251 e. The molecule has 5 nitrogen and oxygen atoms in total. The van der Waals surface area contributed by atoms with E-state index in [0.717, 1.165) is 42.6 Å². The third-order valence-electron chi connectivity index (χ3n) is 5.20. The lowest BCUT2D eigenvalue weighted by atomic mass is 9.90. The average Bonchev–Trinajstić information content (AvgIpc) is 2.88. The number of amides is 1. The summed E-state index contributed by atoms with van der Waals surface area (Å²) in [6.45, 7) is 0.286. The van der Waals surface area contributed by atoms with Crippen LogP contribution in [0.3, 0.4) is 0 Å². The first kappa shape index (κ1) is 19.2. The van der Waals surface area contributed by atoms with Gasteiger partial charge in [0.15, 0.2) is 0 Å². The van der Waals surface area contributed by atoms with Crippen molar-refractivity contribution in [2.45, 2.75) is 38.2 Å². The summed E-state index contributed by atoms with van der Waals surface area (Å²) in [5, 5.41) is 13.1. The molecule has 4 N–H and O–H groups in total.